The third-order valence-electron chi connectivity index (χ3n) is 6.41. The van der Waals surface area contributed by atoms with Crippen LogP contribution >= 0.6 is 0 Å². The lowest BCUT2D eigenvalue weighted by atomic mass is 9.85. The van der Waals surface area contributed by atoms with Gasteiger partial charge in [-0.2, -0.15) is 0 Å². The number of ether oxygens (including phenoxy) is 1. The van der Waals surface area contributed by atoms with Crippen LogP contribution in [0.25, 0.3) is 0 Å². The van der Waals surface area contributed by atoms with E-state index in [2.05, 4.69) is 5.32 Å². The maximum Gasteiger partial charge on any atom is 0.330 e. The second kappa shape index (κ2) is 10.0. The van der Waals surface area contributed by atoms with Crippen LogP contribution in [0.15, 0.2) is 60.7 Å². The molecule has 3 amide bonds. The van der Waals surface area contributed by atoms with Gasteiger partial charge in [0.15, 0.2) is 6.61 Å². The number of carbonyl (C=O) groups is 4. The summed E-state index contributed by atoms with van der Waals surface area (Å²) in [6, 6.07) is 13.7. The van der Waals surface area contributed by atoms with Gasteiger partial charge in [0, 0.05) is 12.1 Å². The van der Waals surface area contributed by atoms with Crippen molar-refractivity contribution < 1.29 is 23.9 Å². The number of nitrogens with one attached hydrogen (secondary N) is 1. The lowest BCUT2D eigenvalue weighted by molar-refractivity contribution is -0.159. The quantitative estimate of drug-likeness (QED) is 0.389. The minimum atomic E-state index is -1.12. The summed E-state index contributed by atoms with van der Waals surface area (Å²) in [5, 5.41) is 2.75. The summed E-state index contributed by atoms with van der Waals surface area (Å²) >= 11 is 0. The van der Waals surface area contributed by atoms with Crippen LogP contribution < -0.4 is 5.32 Å². The maximum absolute atomic E-state index is 13.1. The van der Waals surface area contributed by atoms with Crippen molar-refractivity contribution >= 4 is 29.4 Å². The minimum absolute atomic E-state index is 0.128. The molecule has 1 aliphatic heterocycles. The number of allylic oxidation sites excluding steroid dienone is 2. The number of likely N-dealkylation sites (tertiary alicyclic amines) is 1. The third-order valence-corrected chi connectivity index (χ3v) is 6.41. The standard InChI is InChI=1S/C27H28N2O5/c1-17-12-13-18(2)22(14-17)28-24(30)16-34-27(33)23(15-19-8-4-3-5-9-19)29-25(31)20-10-6-7-11-21(20)26(29)32/h3-9,12-14,20-21,23H,10-11,15-16H2,1-2H3,(H,28,30)/t20-,21+,23-/m1/s1. The van der Waals surface area contributed by atoms with Gasteiger partial charge in [0.05, 0.1) is 11.8 Å². The molecule has 7 heteroatoms. The highest BCUT2D eigenvalue weighted by Crippen LogP contribution is 2.36. The van der Waals surface area contributed by atoms with Gasteiger partial charge in [-0.15, -0.1) is 0 Å². The Hall–Kier alpha value is -3.74. The van der Waals surface area contributed by atoms with E-state index in [1.165, 1.54) is 0 Å². The van der Waals surface area contributed by atoms with E-state index < -0.39 is 36.4 Å². The summed E-state index contributed by atoms with van der Waals surface area (Å²) in [7, 11) is 0. The van der Waals surface area contributed by atoms with Crippen LogP contribution in [-0.4, -0.2) is 41.2 Å². The van der Waals surface area contributed by atoms with Crippen LogP contribution in [0, 0.1) is 25.7 Å². The predicted molar refractivity (Wildman–Crippen MR) is 127 cm³/mol. The SMILES string of the molecule is Cc1ccc(C)c(NC(=O)COC(=O)[C@@H](Cc2ccccc2)N2C(=O)[C@H]3CC=CC[C@H]3C2=O)c1. The summed E-state index contributed by atoms with van der Waals surface area (Å²) in [4.78, 5) is 52.9. The van der Waals surface area contributed by atoms with Gasteiger partial charge in [-0.3, -0.25) is 19.3 Å². The highest BCUT2D eigenvalue weighted by atomic mass is 16.5. The molecule has 34 heavy (non-hydrogen) atoms. The first kappa shape index (κ1) is 23.4. The van der Waals surface area contributed by atoms with Crippen molar-refractivity contribution in [3.05, 3.63) is 77.4 Å². The van der Waals surface area contributed by atoms with Crippen molar-refractivity contribution in [2.24, 2.45) is 11.8 Å². The molecule has 3 atom stereocenters. The fourth-order valence-electron chi connectivity index (χ4n) is 4.54. The molecule has 0 aromatic heterocycles. The Bertz CT molecular complexity index is 1110. The first-order valence-corrected chi connectivity index (χ1v) is 11.4. The maximum atomic E-state index is 13.1. The van der Waals surface area contributed by atoms with Crippen LogP contribution in [0.1, 0.15) is 29.5 Å². The number of amides is 3. The van der Waals surface area contributed by atoms with E-state index in [0.29, 0.717) is 18.5 Å². The summed E-state index contributed by atoms with van der Waals surface area (Å²) in [6.07, 6.45) is 4.90. The van der Waals surface area contributed by atoms with Crippen molar-refractivity contribution in [3.63, 3.8) is 0 Å². The Morgan fingerprint density at radius 2 is 1.65 bits per heavy atom. The Labute approximate surface area is 198 Å². The van der Waals surface area contributed by atoms with E-state index in [-0.39, 0.29) is 18.2 Å². The third kappa shape index (κ3) is 4.93. The molecule has 176 valence electrons. The first-order chi connectivity index (χ1) is 16.3. The van der Waals surface area contributed by atoms with Crippen LogP contribution in [0.2, 0.25) is 0 Å². The molecule has 0 saturated carbocycles. The molecule has 1 saturated heterocycles. The minimum Gasteiger partial charge on any atom is -0.454 e. The van der Waals surface area contributed by atoms with E-state index in [0.717, 1.165) is 21.6 Å². The monoisotopic (exact) mass is 460 g/mol. The van der Waals surface area contributed by atoms with E-state index in [9.17, 15) is 19.2 Å². The molecule has 2 aromatic carbocycles. The summed E-state index contributed by atoms with van der Waals surface area (Å²) in [5.74, 6) is -2.85. The number of carbonyl (C=O) groups excluding carboxylic acids is 4. The van der Waals surface area contributed by atoms with Crippen molar-refractivity contribution in [1.82, 2.24) is 4.90 Å². The van der Waals surface area contributed by atoms with Gasteiger partial charge in [0.25, 0.3) is 5.91 Å². The molecule has 4 rings (SSSR count). The molecule has 2 aliphatic rings. The Morgan fingerprint density at radius 1 is 1.00 bits per heavy atom. The molecule has 0 bridgehead atoms. The largest absolute Gasteiger partial charge is 0.454 e. The average molecular weight is 461 g/mol. The van der Waals surface area contributed by atoms with Gasteiger partial charge in [0.2, 0.25) is 11.8 Å². The molecule has 7 nitrogen and oxygen atoms in total. The molecule has 0 unspecified atom stereocenters. The predicted octanol–water partition coefficient (Wildman–Crippen LogP) is 3.35. The summed E-state index contributed by atoms with van der Waals surface area (Å²) in [5.41, 5.74) is 3.31. The molecule has 1 N–H and O–H groups in total. The number of aryl methyl sites for hydroxylation is 2. The number of hydrogen-bond donors (Lipinski definition) is 1. The molecule has 0 spiro atoms. The molecule has 0 radical (unpaired) electrons. The van der Waals surface area contributed by atoms with Gasteiger partial charge < -0.3 is 10.1 Å². The van der Waals surface area contributed by atoms with Gasteiger partial charge in [-0.25, -0.2) is 4.79 Å². The number of anilines is 1. The zero-order valence-electron chi connectivity index (χ0n) is 19.3. The van der Waals surface area contributed by atoms with E-state index in [1.807, 2.05) is 74.5 Å². The van der Waals surface area contributed by atoms with E-state index in [1.54, 1.807) is 0 Å². The summed E-state index contributed by atoms with van der Waals surface area (Å²) in [6.45, 7) is 3.28. The van der Waals surface area contributed by atoms with Crippen LogP contribution in [0.4, 0.5) is 5.69 Å². The lowest BCUT2D eigenvalue weighted by Gasteiger charge is -2.25. The van der Waals surface area contributed by atoms with Gasteiger partial charge in [-0.1, -0.05) is 54.6 Å². The smallest absolute Gasteiger partial charge is 0.330 e. The first-order valence-electron chi connectivity index (χ1n) is 11.4. The molecule has 1 fully saturated rings. The molecule has 1 aliphatic carbocycles. The molecular formula is C27H28N2O5. The van der Waals surface area contributed by atoms with Crippen LogP contribution in [0.5, 0.6) is 0 Å². The van der Waals surface area contributed by atoms with Gasteiger partial charge in [-0.05, 0) is 49.4 Å². The lowest BCUT2D eigenvalue weighted by Crippen LogP contribution is -2.48. The normalized spacial score (nSPS) is 20.1. The number of nitrogens with zero attached hydrogens (tertiary/aromatic N) is 1. The van der Waals surface area contributed by atoms with Crippen molar-refractivity contribution in [2.45, 2.75) is 39.2 Å². The number of hydrogen-bond acceptors (Lipinski definition) is 5. The summed E-state index contributed by atoms with van der Waals surface area (Å²) < 4.78 is 5.33. The fraction of sp³-hybridized carbons (Fsp3) is 0.333. The Balaban J connectivity index is 1.49. The van der Waals surface area contributed by atoms with E-state index in [4.69, 9.17) is 4.74 Å². The topological polar surface area (TPSA) is 92.8 Å². The van der Waals surface area contributed by atoms with Crippen LogP contribution in [-0.2, 0) is 30.3 Å². The second-order valence-electron chi connectivity index (χ2n) is 8.88. The number of imide groups is 1. The van der Waals surface area contributed by atoms with Gasteiger partial charge in [0.1, 0.15) is 6.04 Å². The van der Waals surface area contributed by atoms with Crippen LogP contribution in [0.3, 0.4) is 0 Å². The highest BCUT2D eigenvalue weighted by Gasteiger charge is 2.51. The zero-order valence-corrected chi connectivity index (χ0v) is 19.3. The Kier molecular flexibility index (Phi) is 6.91. The van der Waals surface area contributed by atoms with Crippen molar-refractivity contribution in [2.75, 3.05) is 11.9 Å². The number of esters is 1. The Morgan fingerprint density at radius 3 is 2.29 bits per heavy atom. The highest BCUT2D eigenvalue weighted by molar-refractivity contribution is 6.08. The molecular weight excluding hydrogens is 432 g/mol. The molecule has 2 aromatic rings. The molecule has 1 heterocycles. The van der Waals surface area contributed by atoms with Crippen molar-refractivity contribution in [3.8, 4) is 0 Å². The van der Waals surface area contributed by atoms with E-state index >= 15 is 0 Å². The number of rotatable bonds is 7. The zero-order chi connectivity index (χ0) is 24.2. The second-order valence-corrected chi connectivity index (χ2v) is 8.88. The number of benzene rings is 2. The average Bonchev–Trinajstić information content (AvgIpc) is 3.09. The van der Waals surface area contributed by atoms with Gasteiger partial charge >= 0.3 is 5.97 Å². The van der Waals surface area contributed by atoms with Crippen molar-refractivity contribution in [1.29, 1.82) is 0 Å². The fourth-order valence-corrected chi connectivity index (χ4v) is 4.54. The number of fused-ring (bicyclic) bond motifs is 1.